The van der Waals surface area contributed by atoms with Crippen molar-refractivity contribution in [3.8, 4) is 6.07 Å². The first kappa shape index (κ1) is 11.3. The molecule has 5 atom stereocenters. The molecule has 3 rings (SSSR count). The van der Waals surface area contributed by atoms with Crippen LogP contribution in [-0.2, 0) is 0 Å². The number of fused-ring (bicyclic) bond motifs is 3. The zero-order valence-electron chi connectivity index (χ0n) is 11.5. The van der Waals surface area contributed by atoms with Crippen LogP contribution in [-0.4, -0.2) is 0 Å². The van der Waals surface area contributed by atoms with Crippen molar-refractivity contribution in [2.45, 2.75) is 47.0 Å². The summed E-state index contributed by atoms with van der Waals surface area (Å²) in [4.78, 5) is 0. The van der Waals surface area contributed by atoms with Crippen LogP contribution in [0.2, 0.25) is 0 Å². The topological polar surface area (TPSA) is 23.8 Å². The van der Waals surface area contributed by atoms with Crippen molar-refractivity contribution in [1.29, 1.82) is 5.26 Å². The minimum absolute atomic E-state index is 0.184. The van der Waals surface area contributed by atoms with Gasteiger partial charge in [0.2, 0.25) is 0 Å². The van der Waals surface area contributed by atoms with Gasteiger partial charge in [0.15, 0.2) is 0 Å². The van der Waals surface area contributed by atoms with Crippen LogP contribution in [0.3, 0.4) is 0 Å². The van der Waals surface area contributed by atoms with Crippen molar-refractivity contribution >= 4 is 0 Å². The third-order valence-electron chi connectivity index (χ3n) is 6.27. The fraction of sp³-hybridized carbons (Fsp3) is 0.812. The molecule has 3 aliphatic rings. The van der Waals surface area contributed by atoms with Crippen LogP contribution >= 0.6 is 0 Å². The van der Waals surface area contributed by atoms with E-state index in [0.717, 1.165) is 11.8 Å². The standard InChI is InChI=1S/C16H23N/c1-10-6-5-7-12-8-11(9-17)13-14(15(13,2)3)16(10,12)4/h8,10-11,13-14H,5-7H2,1-4H3/t10-,11+,13+,14+,16+/m0/s1. The Morgan fingerprint density at radius 2 is 2.06 bits per heavy atom. The Bertz CT molecular complexity index is 425. The summed E-state index contributed by atoms with van der Waals surface area (Å²) in [5.74, 6) is 2.33. The summed E-state index contributed by atoms with van der Waals surface area (Å²) in [7, 11) is 0. The number of hydrogen-bond donors (Lipinski definition) is 0. The molecule has 0 spiro atoms. The van der Waals surface area contributed by atoms with Gasteiger partial charge in [-0.3, -0.25) is 0 Å². The molecule has 0 aromatic heterocycles. The van der Waals surface area contributed by atoms with Crippen LogP contribution in [0.5, 0.6) is 0 Å². The molecule has 0 aromatic carbocycles. The summed E-state index contributed by atoms with van der Waals surface area (Å²) in [6.07, 6.45) is 6.26. The first-order valence-corrected chi connectivity index (χ1v) is 7.04. The van der Waals surface area contributed by atoms with Crippen molar-refractivity contribution in [3.63, 3.8) is 0 Å². The molecule has 0 amide bonds. The fourth-order valence-electron chi connectivity index (χ4n) is 5.18. The number of nitrogens with zero attached hydrogens (tertiary/aromatic N) is 1. The van der Waals surface area contributed by atoms with Gasteiger partial charge in [-0.2, -0.15) is 5.26 Å². The summed E-state index contributed by atoms with van der Waals surface area (Å²) in [6.45, 7) is 9.64. The van der Waals surface area contributed by atoms with Gasteiger partial charge >= 0.3 is 0 Å². The highest BCUT2D eigenvalue weighted by atomic mass is 14.7. The van der Waals surface area contributed by atoms with Crippen LogP contribution in [0.4, 0.5) is 0 Å². The normalized spacial score (nSPS) is 50.6. The van der Waals surface area contributed by atoms with Crippen molar-refractivity contribution in [2.75, 3.05) is 0 Å². The minimum Gasteiger partial charge on any atom is -0.198 e. The van der Waals surface area contributed by atoms with E-state index in [2.05, 4.69) is 39.8 Å². The first-order valence-electron chi connectivity index (χ1n) is 7.04. The quantitative estimate of drug-likeness (QED) is 0.572. The molecule has 0 radical (unpaired) electrons. The van der Waals surface area contributed by atoms with E-state index in [1.807, 2.05) is 0 Å². The summed E-state index contributed by atoms with van der Waals surface area (Å²) < 4.78 is 0. The lowest BCUT2D eigenvalue weighted by Gasteiger charge is -2.46. The van der Waals surface area contributed by atoms with Gasteiger partial charge < -0.3 is 0 Å². The highest BCUT2D eigenvalue weighted by molar-refractivity contribution is 5.36. The molecule has 92 valence electrons. The smallest absolute Gasteiger partial charge is 0.0700 e. The molecule has 0 N–H and O–H groups in total. The predicted octanol–water partition coefficient (Wildman–Crippen LogP) is 4.16. The van der Waals surface area contributed by atoms with Crippen LogP contribution in [0.25, 0.3) is 0 Å². The fourth-order valence-corrected chi connectivity index (χ4v) is 5.18. The van der Waals surface area contributed by atoms with Gasteiger partial charge in [-0.25, -0.2) is 0 Å². The van der Waals surface area contributed by atoms with Gasteiger partial charge in [0.1, 0.15) is 0 Å². The van der Waals surface area contributed by atoms with Crippen LogP contribution in [0.1, 0.15) is 47.0 Å². The third kappa shape index (κ3) is 1.20. The molecule has 0 heterocycles. The van der Waals surface area contributed by atoms with E-state index in [1.165, 1.54) is 19.3 Å². The molecule has 2 fully saturated rings. The zero-order valence-corrected chi connectivity index (χ0v) is 11.5. The second-order valence-electron chi connectivity index (χ2n) is 7.25. The van der Waals surface area contributed by atoms with Gasteiger partial charge in [0, 0.05) is 0 Å². The maximum absolute atomic E-state index is 9.37. The third-order valence-corrected chi connectivity index (χ3v) is 6.27. The maximum Gasteiger partial charge on any atom is 0.0700 e. The van der Waals surface area contributed by atoms with Crippen LogP contribution in [0.15, 0.2) is 11.6 Å². The molecule has 0 saturated heterocycles. The molecule has 0 bridgehead atoms. The Morgan fingerprint density at radius 3 is 2.71 bits per heavy atom. The van der Waals surface area contributed by atoms with Crippen LogP contribution in [0, 0.1) is 45.8 Å². The predicted molar refractivity (Wildman–Crippen MR) is 69.1 cm³/mol. The van der Waals surface area contributed by atoms with Gasteiger partial charge in [-0.05, 0) is 47.8 Å². The van der Waals surface area contributed by atoms with E-state index in [4.69, 9.17) is 0 Å². The van der Waals surface area contributed by atoms with Crippen molar-refractivity contribution in [3.05, 3.63) is 11.6 Å². The summed E-state index contributed by atoms with van der Waals surface area (Å²) in [5.41, 5.74) is 2.37. The SMILES string of the molecule is C[C@H]1CCCC2=C[C@H](C#N)[C@@H]3[C@H](C3(C)C)[C@@]21C. The van der Waals surface area contributed by atoms with E-state index in [0.29, 0.717) is 16.7 Å². The summed E-state index contributed by atoms with van der Waals surface area (Å²) in [6, 6.07) is 2.54. The number of nitriles is 1. The van der Waals surface area contributed by atoms with Crippen molar-refractivity contribution in [1.82, 2.24) is 0 Å². The lowest BCUT2D eigenvalue weighted by molar-refractivity contribution is 0.136. The minimum atomic E-state index is 0.184. The van der Waals surface area contributed by atoms with Gasteiger partial charge in [0.05, 0.1) is 12.0 Å². The Kier molecular flexibility index (Phi) is 2.11. The molecule has 3 aliphatic carbocycles. The summed E-state index contributed by atoms with van der Waals surface area (Å²) >= 11 is 0. The zero-order chi connectivity index (χ0) is 12.4. The van der Waals surface area contributed by atoms with Crippen molar-refractivity contribution in [2.24, 2.45) is 34.5 Å². The van der Waals surface area contributed by atoms with E-state index >= 15 is 0 Å². The lowest BCUT2D eigenvalue weighted by atomic mass is 9.58. The molecule has 2 saturated carbocycles. The molecule has 17 heavy (non-hydrogen) atoms. The Hall–Kier alpha value is -0.770. The first-order chi connectivity index (χ1) is 7.94. The molecule has 1 nitrogen and oxygen atoms in total. The summed E-state index contributed by atoms with van der Waals surface area (Å²) in [5, 5.41) is 9.37. The average molecular weight is 229 g/mol. The molecular formula is C16H23N. The second kappa shape index (κ2) is 3.16. The Balaban J connectivity index is 2.09. The number of hydrogen-bond acceptors (Lipinski definition) is 1. The molecule has 1 heteroatoms. The molecule has 0 unspecified atom stereocenters. The van der Waals surface area contributed by atoms with E-state index < -0.39 is 0 Å². The Labute approximate surface area is 105 Å². The van der Waals surface area contributed by atoms with Crippen LogP contribution < -0.4 is 0 Å². The number of rotatable bonds is 0. The highest BCUT2D eigenvalue weighted by Gasteiger charge is 2.70. The number of allylic oxidation sites excluding steroid dienone is 2. The maximum atomic E-state index is 9.37. The van der Waals surface area contributed by atoms with E-state index in [9.17, 15) is 5.26 Å². The largest absolute Gasteiger partial charge is 0.198 e. The lowest BCUT2D eigenvalue weighted by Crippen LogP contribution is -2.37. The second-order valence-corrected chi connectivity index (χ2v) is 7.25. The monoisotopic (exact) mass is 229 g/mol. The highest BCUT2D eigenvalue weighted by Crippen LogP contribution is 2.75. The Morgan fingerprint density at radius 1 is 1.35 bits per heavy atom. The van der Waals surface area contributed by atoms with Crippen molar-refractivity contribution < 1.29 is 0 Å². The molecular weight excluding hydrogens is 206 g/mol. The van der Waals surface area contributed by atoms with Gasteiger partial charge in [-0.1, -0.05) is 39.3 Å². The molecule has 0 aliphatic heterocycles. The van der Waals surface area contributed by atoms with Gasteiger partial charge in [0.25, 0.3) is 0 Å². The van der Waals surface area contributed by atoms with E-state index in [1.54, 1.807) is 5.57 Å². The van der Waals surface area contributed by atoms with E-state index in [-0.39, 0.29) is 5.92 Å². The average Bonchev–Trinajstić information content (AvgIpc) is 2.85. The van der Waals surface area contributed by atoms with Gasteiger partial charge in [-0.15, -0.1) is 0 Å². The molecule has 0 aromatic rings.